The smallest absolute Gasteiger partial charge is 0.398 e. The van der Waals surface area contributed by atoms with Gasteiger partial charge < -0.3 is 14.8 Å². The summed E-state index contributed by atoms with van der Waals surface area (Å²) in [6, 6.07) is 10.8. The number of para-hydroxylation sites is 1. The number of ketones is 1. The minimum atomic E-state index is -4.31. The molecule has 1 amide bonds. The van der Waals surface area contributed by atoms with Gasteiger partial charge in [-0.15, -0.1) is 11.8 Å². The topological polar surface area (TPSA) is 64.6 Å². The number of alkyl halides is 3. The van der Waals surface area contributed by atoms with Crippen LogP contribution in [0.15, 0.2) is 47.4 Å². The van der Waals surface area contributed by atoms with Gasteiger partial charge in [0.15, 0.2) is 23.9 Å². The van der Waals surface area contributed by atoms with Crippen LogP contribution in [0.5, 0.6) is 11.5 Å². The Hall–Kier alpha value is -2.68. The Labute approximate surface area is 164 Å². The van der Waals surface area contributed by atoms with E-state index in [1.54, 1.807) is 18.2 Å². The number of carbonyl (C=O) groups excluding carboxylic acids is 2. The standard InChI is InChI=1S/C19H18F3NO4S/c1-12(24)13-7-8-15(16(9-13)26-2)27-10-18(25)23-14-5-3-4-6-17(14)28-11-19(20,21)22/h3-9H,10-11H2,1-2H3,(H,23,25). The molecule has 0 aliphatic heterocycles. The lowest BCUT2D eigenvalue weighted by atomic mass is 10.1. The molecule has 1 N–H and O–H groups in total. The Kier molecular flexibility index (Phi) is 7.33. The molecule has 0 spiro atoms. The highest BCUT2D eigenvalue weighted by Gasteiger charge is 2.27. The van der Waals surface area contributed by atoms with Crippen molar-refractivity contribution in [1.29, 1.82) is 0 Å². The molecule has 0 fully saturated rings. The second kappa shape index (κ2) is 9.50. The lowest BCUT2D eigenvalue weighted by molar-refractivity contribution is -0.118. The Balaban J connectivity index is 2.01. The number of benzene rings is 2. The van der Waals surface area contributed by atoms with Crippen molar-refractivity contribution in [3.63, 3.8) is 0 Å². The first-order chi connectivity index (χ1) is 13.2. The first-order valence-corrected chi connectivity index (χ1v) is 9.08. The summed E-state index contributed by atoms with van der Waals surface area (Å²) in [4.78, 5) is 23.9. The number of hydrogen-bond acceptors (Lipinski definition) is 5. The number of Topliss-reactive ketones (excluding diaryl/α,β-unsaturated/α-hetero) is 1. The molecule has 0 aliphatic rings. The number of ether oxygens (including phenoxy) is 2. The molecule has 0 aromatic heterocycles. The van der Waals surface area contributed by atoms with Crippen LogP contribution in [0.2, 0.25) is 0 Å². The third kappa shape index (κ3) is 6.49. The van der Waals surface area contributed by atoms with E-state index in [1.807, 2.05) is 0 Å². The molecular formula is C19H18F3NO4S. The minimum Gasteiger partial charge on any atom is -0.493 e. The Morgan fingerprint density at radius 2 is 1.82 bits per heavy atom. The van der Waals surface area contributed by atoms with Crippen LogP contribution < -0.4 is 14.8 Å². The number of nitrogens with one attached hydrogen (secondary N) is 1. The molecule has 2 rings (SSSR count). The fraction of sp³-hybridized carbons (Fsp3) is 0.263. The predicted octanol–water partition coefficient (Wildman–Crippen LogP) is 4.57. The van der Waals surface area contributed by atoms with Crippen molar-refractivity contribution in [3.05, 3.63) is 48.0 Å². The van der Waals surface area contributed by atoms with Gasteiger partial charge in [-0.2, -0.15) is 13.2 Å². The normalized spacial score (nSPS) is 11.0. The minimum absolute atomic E-state index is 0.143. The first-order valence-electron chi connectivity index (χ1n) is 8.10. The Bertz CT molecular complexity index is 855. The van der Waals surface area contributed by atoms with Crippen LogP contribution >= 0.6 is 11.8 Å². The summed E-state index contributed by atoms with van der Waals surface area (Å²) >= 11 is 0.588. The molecule has 5 nitrogen and oxygen atoms in total. The van der Waals surface area contributed by atoms with E-state index in [4.69, 9.17) is 9.47 Å². The fourth-order valence-electron chi connectivity index (χ4n) is 2.19. The van der Waals surface area contributed by atoms with Gasteiger partial charge in [-0.1, -0.05) is 12.1 Å². The molecule has 0 saturated carbocycles. The fourth-order valence-corrected chi connectivity index (χ4v) is 2.96. The van der Waals surface area contributed by atoms with Crippen molar-refractivity contribution in [2.24, 2.45) is 0 Å². The van der Waals surface area contributed by atoms with E-state index in [9.17, 15) is 22.8 Å². The summed E-state index contributed by atoms with van der Waals surface area (Å²) in [6.45, 7) is 1.03. The van der Waals surface area contributed by atoms with Crippen LogP contribution in [-0.4, -0.2) is 37.3 Å². The number of methoxy groups -OCH3 is 1. The molecule has 150 valence electrons. The van der Waals surface area contributed by atoms with Gasteiger partial charge in [-0.3, -0.25) is 9.59 Å². The molecule has 2 aromatic carbocycles. The van der Waals surface area contributed by atoms with Crippen molar-refractivity contribution in [2.75, 3.05) is 24.8 Å². The van der Waals surface area contributed by atoms with Crippen LogP contribution in [-0.2, 0) is 4.79 Å². The van der Waals surface area contributed by atoms with E-state index in [0.717, 1.165) is 0 Å². The maximum Gasteiger partial charge on any atom is 0.398 e. The van der Waals surface area contributed by atoms with Crippen LogP contribution in [0.25, 0.3) is 0 Å². The number of halogens is 3. The van der Waals surface area contributed by atoms with E-state index in [1.165, 1.54) is 38.3 Å². The summed E-state index contributed by atoms with van der Waals surface area (Å²) in [7, 11) is 1.40. The highest BCUT2D eigenvalue weighted by Crippen LogP contribution is 2.32. The zero-order valence-corrected chi connectivity index (χ0v) is 15.9. The largest absolute Gasteiger partial charge is 0.493 e. The third-order valence-corrected chi connectivity index (χ3v) is 4.62. The van der Waals surface area contributed by atoms with Crippen molar-refractivity contribution in [1.82, 2.24) is 0 Å². The third-order valence-electron chi connectivity index (χ3n) is 3.48. The van der Waals surface area contributed by atoms with Gasteiger partial charge >= 0.3 is 6.18 Å². The molecule has 0 saturated heterocycles. The van der Waals surface area contributed by atoms with E-state index in [-0.39, 0.29) is 23.8 Å². The number of anilines is 1. The van der Waals surface area contributed by atoms with Gasteiger partial charge in [0.25, 0.3) is 5.91 Å². The van der Waals surface area contributed by atoms with Gasteiger partial charge in [-0.05, 0) is 37.3 Å². The SMILES string of the molecule is COc1cc(C(C)=O)ccc1OCC(=O)Nc1ccccc1SCC(F)(F)F. The van der Waals surface area contributed by atoms with E-state index >= 15 is 0 Å². The molecular weight excluding hydrogens is 395 g/mol. The lowest BCUT2D eigenvalue weighted by Gasteiger charge is -2.13. The monoisotopic (exact) mass is 413 g/mol. The van der Waals surface area contributed by atoms with E-state index in [2.05, 4.69) is 5.32 Å². The van der Waals surface area contributed by atoms with Crippen LogP contribution in [0.4, 0.5) is 18.9 Å². The number of carbonyl (C=O) groups is 2. The molecule has 0 atom stereocenters. The van der Waals surface area contributed by atoms with Gasteiger partial charge in [0.1, 0.15) is 0 Å². The van der Waals surface area contributed by atoms with Gasteiger partial charge in [0.05, 0.1) is 18.6 Å². The zero-order chi connectivity index (χ0) is 20.7. The van der Waals surface area contributed by atoms with Crippen molar-refractivity contribution < 1.29 is 32.2 Å². The summed E-state index contributed by atoms with van der Waals surface area (Å²) in [5, 5.41) is 2.54. The van der Waals surface area contributed by atoms with Gasteiger partial charge in [0, 0.05) is 10.5 Å². The highest BCUT2D eigenvalue weighted by molar-refractivity contribution is 7.99. The summed E-state index contributed by atoms with van der Waals surface area (Å²) in [5.74, 6) is -1.19. The van der Waals surface area contributed by atoms with Crippen LogP contribution in [0.3, 0.4) is 0 Å². The summed E-state index contributed by atoms with van der Waals surface area (Å²) in [6.07, 6.45) is -4.31. The number of thioether (sulfide) groups is 1. The van der Waals surface area contributed by atoms with Crippen molar-refractivity contribution in [2.45, 2.75) is 18.0 Å². The molecule has 28 heavy (non-hydrogen) atoms. The van der Waals surface area contributed by atoms with Crippen LogP contribution in [0.1, 0.15) is 17.3 Å². The first kappa shape index (κ1) is 21.6. The molecule has 0 aliphatic carbocycles. The van der Waals surface area contributed by atoms with Crippen molar-refractivity contribution >= 4 is 29.1 Å². The second-order valence-electron chi connectivity index (χ2n) is 5.66. The zero-order valence-electron chi connectivity index (χ0n) is 15.1. The Morgan fingerprint density at radius 3 is 2.46 bits per heavy atom. The summed E-state index contributed by atoms with van der Waals surface area (Å²) < 4.78 is 47.9. The van der Waals surface area contributed by atoms with Crippen molar-refractivity contribution in [3.8, 4) is 11.5 Å². The summed E-state index contributed by atoms with van der Waals surface area (Å²) in [5.41, 5.74) is 0.702. The van der Waals surface area contributed by atoms with E-state index < -0.39 is 17.8 Å². The quantitative estimate of drug-likeness (QED) is 0.507. The maximum atomic E-state index is 12.4. The molecule has 0 unspecified atom stereocenters. The molecule has 2 aromatic rings. The number of rotatable bonds is 8. The van der Waals surface area contributed by atoms with Crippen LogP contribution in [0, 0.1) is 0 Å². The molecule has 0 heterocycles. The lowest BCUT2D eigenvalue weighted by Crippen LogP contribution is -2.21. The second-order valence-corrected chi connectivity index (χ2v) is 6.68. The highest BCUT2D eigenvalue weighted by atomic mass is 32.2. The molecule has 0 radical (unpaired) electrons. The number of hydrogen-bond donors (Lipinski definition) is 1. The average Bonchev–Trinajstić information content (AvgIpc) is 2.64. The van der Waals surface area contributed by atoms with Gasteiger partial charge in [-0.25, -0.2) is 0 Å². The van der Waals surface area contributed by atoms with Gasteiger partial charge in [0.2, 0.25) is 0 Å². The van der Waals surface area contributed by atoms with E-state index in [0.29, 0.717) is 28.0 Å². The molecule has 9 heteroatoms. The predicted molar refractivity (Wildman–Crippen MR) is 100 cm³/mol. The molecule has 0 bridgehead atoms. The maximum absolute atomic E-state index is 12.4. The number of amides is 1. The Morgan fingerprint density at radius 1 is 1.11 bits per heavy atom. The average molecular weight is 413 g/mol.